The Kier molecular flexibility index (Phi) is 17.9. The molecule has 0 spiro atoms. The van der Waals surface area contributed by atoms with Crippen LogP contribution in [0, 0.1) is 0 Å². The van der Waals surface area contributed by atoms with Crippen molar-refractivity contribution in [1.82, 2.24) is 0 Å². The van der Waals surface area contributed by atoms with Crippen LogP contribution in [0.1, 0.15) is 20.8 Å². The first-order chi connectivity index (χ1) is 6.26. The van der Waals surface area contributed by atoms with Gasteiger partial charge in [-0.2, -0.15) is 0 Å². The molecular formula is C10H23O2Sn. The van der Waals surface area contributed by atoms with E-state index in [-0.39, 0.29) is 6.61 Å². The Labute approximate surface area is 89.7 Å². The summed E-state index contributed by atoms with van der Waals surface area (Å²) in [5.74, 6) is 0. The Morgan fingerprint density at radius 1 is 1.23 bits per heavy atom. The van der Waals surface area contributed by atoms with Gasteiger partial charge in [0.25, 0.3) is 0 Å². The van der Waals surface area contributed by atoms with Gasteiger partial charge in [-0.05, 0) is 0 Å². The molecule has 0 aliphatic heterocycles. The Hall–Kier alpha value is 0.299. The fourth-order valence-electron chi connectivity index (χ4n) is 0.886. The van der Waals surface area contributed by atoms with E-state index in [4.69, 9.17) is 5.11 Å². The Morgan fingerprint density at radius 3 is 1.77 bits per heavy atom. The van der Waals surface area contributed by atoms with Gasteiger partial charge in [-0.3, -0.25) is 0 Å². The number of aliphatic hydroxyl groups is 1. The summed E-state index contributed by atoms with van der Waals surface area (Å²) < 4.78 is 9.15. The molecule has 3 heteroatoms. The Bertz CT molecular complexity index is 87.4. The van der Waals surface area contributed by atoms with Crippen molar-refractivity contribution in [1.29, 1.82) is 0 Å². The topological polar surface area (TPSA) is 29.5 Å². The van der Waals surface area contributed by atoms with Crippen LogP contribution >= 0.6 is 0 Å². The Balaban J connectivity index is 0. The molecule has 0 aromatic carbocycles. The van der Waals surface area contributed by atoms with Gasteiger partial charge in [0.1, 0.15) is 6.61 Å². The van der Waals surface area contributed by atoms with Crippen LogP contribution in [-0.2, 0) is 4.74 Å². The molecule has 0 fully saturated rings. The summed E-state index contributed by atoms with van der Waals surface area (Å²) in [6.07, 6.45) is 1.30. The molecule has 0 unspecified atom stereocenters. The predicted molar refractivity (Wildman–Crippen MR) is 60.4 cm³/mol. The number of aliphatic hydroxyl groups excluding tert-OH is 1. The molecule has 79 valence electrons. The zero-order chi connectivity index (χ0) is 10.5. The quantitative estimate of drug-likeness (QED) is 0.463. The van der Waals surface area contributed by atoms with Crippen molar-refractivity contribution in [2.45, 2.75) is 34.1 Å². The van der Waals surface area contributed by atoms with Crippen molar-refractivity contribution in [3.05, 3.63) is 12.8 Å². The molecule has 0 amide bonds. The third-order valence-electron chi connectivity index (χ3n) is 1.83. The Morgan fingerprint density at radius 2 is 1.69 bits per heavy atom. The minimum absolute atomic E-state index is 0.0615. The first kappa shape index (κ1) is 15.8. The van der Waals surface area contributed by atoms with E-state index >= 15 is 0 Å². The van der Waals surface area contributed by atoms with Crippen molar-refractivity contribution in [3.8, 4) is 0 Å². The van der Waals surface area contributed by atoms with Crippen molar-refractivity contribution in [2.75, 3.05) is 13.2 Å². The van der Waals surface area contributed by atoms with Crippen LogP contribution in [0.2, 0.25) is 13.3 Å². The molecule has 0 atom stereocenters. The molecule has 0 saturated heterocycles. The van der Waals surface area contributed by atoms with Crippen LogP contribution < -0.4 is 0 Å². The van der Waals surface area contributed by atoms with E-state index in [1.165, 1.54) is 6.26 Å². The summed E-state index contributed by atoms with van der Waals surface area (Å²) >= 11 is -0.653. The number of hydrogen-bond acceptors (Lipinski definition) is 2. The van der Waals surface area contributed by atoms with Gasteiger partial charge in [0.15, 0.2) is 0 Å². The average Bonchev–Trinajstić information content (AvgIpc) is 2.18. The molecule has 1 N–H and O–H groups in total. The van der Waals surface area contributed by atoms with Crippen molar-refractivity contribution >= 4 is 19.8 Å². The maximum absolute atomic E-state index is 8.02. The summed E-state index contributed by atoms with van der Waals surface area (Å²) in [6.45, 7) is 10.7. The predicted octanol–water partition coefficient (Wildman–Crippen LogP) is 2.68. The fourth-order valence-corrected chi connectivity index (χ4v) is 5.17. The van der Waals surface area contributed by atoms with E-state index in [1.807, 2.05) is 0 Å². The molecule has 1 radical (unpaired) electrons. The van der Waals surface area contributed by atoms with E-state index in [0.717, 1.165) is 0 Å². The molecular weight excluding hydrogens is 271 g/mol. The molecule has 0 aliphatic rings. The van der Waals surface area contributed by atoms with Crippen molar-refractivity contribution in [3.63, 3.8) is 0 Å². The summed E-state index contributed by atoms with van der Waals surface area (Å²) in [5, 5.41) is 8.02. The summed E-state index contributed by atoms with van der Waals surface area (Å²) in [7, 11) is 0. The monoisotopic (exact) mass is 295 g/mol. The van der Waals surface area contributed by atoms with Crippen molar-refractivity contribution in [2.24, 2.45) is 0 Å². The van der Waals surface area contributed by atoms with Gasteiger partial charge in [0, 0.05) is 0 Å². The van der Waals surface area contributed by atoms with Gasteiger partial charge in [-0.25, -0.2) is 0 Å². The third-order valence-corrected chi connectivity index (χ3v) is 10.4. The first-order valence-corrected chi connectivity index (χ1v) is 11.0. The van der Waals surface area contributed by atoms with E-state index in [0.29, 0.717) is 6.61 Å². The number of rotatable bonds is 6. The summed E-state index contributed by atoms with van der Waals surface area (Å²) in [5.41, 5.74) is 0. The first-order valence-electron chi connectivity index (χ1n) is 4.93. The molecule has 0 aliphatic carbocycles. The van der Waals surface area contributed by atoms with Crippen LogP contribution in [0.25, 0.3) is 0 Å². The van der Waals surface area contributed by atoms with Crippen LogP contribution in [0.15, 0.2) is 12.8 Å². The molecule has 13 heavy (non-hydrogen) atoms. The average molecular weight is 294 g/mol. The van der Waals surface area contributed by atoms with Gasteiger partial charge >= 0.3 is 53.8 Å². The maximum atomic E-state index is 8.02. The molecule has 0 aromatic heterocycles. The van der Waals surface area contributed by atoms with E-state index < -0.39 is 19.8 Å². The molecule has 0 bridgehead atoms. The number of hydrogen-bond donors (Lipinski definition) is 1. The van der Waals surface area contributed by atoms with Gasteiger partial charge in [0.05, 0.1) is 12.9 Å². The second kappa shape index (κ2) is 14.8. The second-order valence-corrected chi connectivity index (χ2v) is 12.9. The number of ether oxygens (including phenoxy) is 1. The molecule has 2 nitrogen and oxygen atoms in total. The van der Waals surface area contributed by atoms with E-state index in [2.05, 4.69) is 32.1 Å². The third kappa shape index (κ3) is 15.1. The van der Waals surface area contributed by atoms with Crippen LogP contribution in [0.3, 0.4) is 0 Å². The zero-order valence-corrected chi connectivity index (χ0v) is 12.0. The van der Waals surface area contributed by atoms with E-state index in [1.54, 1.807) is 13.3 Å². The molecule has 0 heterocycles. The van der Waals surface area contributed by atoms with Gasteiger partial charge in [-0.1, -0.05) is 6.58 Å². The fraction of sp³-hybridized carbons (Fsp3) is 0.800. The zero-order valence-electron chi connectivity index (χ0n) is 9.18. The molecule has 0 rings (SSSR count). The van der Waals surface area contributed by atoms with Gasteiger partial charge < -0.3 is 9.84 Å². The summed E-state index contributed by atoms with van der Waals surface area (Å²) in [6, 6.07) is 0. The molecule has 0 aromatic rings. The van der Waals surface area contributed by atoms with Gasteiger partial charge in [0.2, 0.25) is 0 Å². The van der Waals surface area contributed by atoms with E-state index in [9.17, 15) is 0 Å². The summed E-state index contributed by atoms with van der Waals surface area (Å²) in [4.78, 5) is 0. The van der Waals surface area contributed by atoms with Crippen LogP contribution in [0.5, 0.6) is 0 Å². The van der Waals surface area contributed by atoms with Crippen LogP contribution in [0.4, 0.5) is 0 Å². The van der Waals surface area contributed by atoms with Crippen molar-refractivity contribution < 1.29 is 9.84 Å². The normalized spacial score (nSPS) is 9.00. The van der Waals surface area contributed by atoms with Crippen LogP contribution in [-0.4, -0.2) is 38.1 Å². The SMILES string of the molecule is C=COCCO.C[CH2][Sn]([CH2]C)[CH2]C. The standard InChI is InChI=1S/C4H8O2.3C2H5.Sn/c1-2-6-4-3-5;3*1-2;/h2,5H,1,3-4H2;3*1H2,2H3;. The molecule has 0 saturated carbocycles. The second-order valence-electron chi connectivity index (χ2n) is 2.57. The van der Waals surface area contributed by atoms with Gasteiger partial charge in [-0.15, -0.1) is 0 Å². The minimum atomic E-state index is -0.653.